The predicted octanol–water partition coefficient (Wildman–Crippen LogP) is 1.25. The van der Waals surface area contributed by atoms with E-state index in [-0.39, 0.29) is 18.6 Å². The zero-order valence-electron chi connectivity index (χ0n) is 11.0. The lowest BCUT2D eigenvalue weighted by molar-refractivity contribution is -0.121. The van der Waals surface area contributed by atoms with Crippen LogP contribution in [0.25, 0.3) is 0 Å². The molecular weight excluding hydrogens is 240 g/mol. The highest BCUT2D eigenvalue weighted by atomic mass is 16.3. The minimum Gasteiger partial charge on any atom is -0.396 e. The summed E-state index contributed by atoms with van der Waals surface area (Å²) in [6, 6.07) is 7.97. The van der Waals surface area contributed by atoms with Gasteiger partial charge < -0.3 is 10.4 Å². The van der Waals surface area contributed by atoms with E-state index in [1.54, 1.807) is 0 Å². The first kappa shape index (κ1) is 12.6. The Morgan fingerprint density at radius 3 is 2.95 bits per heavy atom. The molecule has 1 saturated heterocycles. The summed E-state index contributed by atoms with van der Waals surface area (Å²) >= 11 is 0. The standard InChI is InChI=1S/C15H20N2O2/c18-10-11-7-8-17(9-11)14-6-5-12-3-1-2-4-13(12)16-15(14)19/h1-4,11,14,18H,5-10H2,(H,16,19). The van der Waals surface area contributed by atoms with Crippen LogP contribution in [0.5, 0.6) is 0 Å². The van der Waals surface area contributed by atoms with Crippen molar-refractivity contribution in [2.24, 2.45) is 5.92 Å². The number of para-hydroxylation sites is 1. The van der Waals surface area contributed by atoms with Crippen molar-refractivity contribution in [2.75, 3.05) is 25.0 Å². The summed E-state index contributed by atoms with van der Waals surface area (Å²) in [5.74, 6) is 0.432. The van der Waals surface area contributed by atoms with Crippen LogP contribution >= 0.6 is 0 Å². The number of rotatable bonds is 2. The lowest BCUT2D eigenvalue weighted by Crippen LogP contribution is -2.42. The molecule has 0 radical (unpaired) electrons. The van der Waals surface area contributed by atoms with Crippen molar-refractivity contribution in [1.29, 1.82) is 0 Å². The quantitative estimate of drug-likeness (QED) is 0.841. The van der Waals surface area contributed by atoms with E-state index >= 15 is 0 Å². The smallest absolute Gasteiger partial charge is 0.241 e. The SMILES string of the molecule is O=C1Nc2ccccc2CCC1N1CCC(CO)C1. The summed E-state index contributed by atoms with van der Waals surface area (Å²) in [6.45, 7) is 1.98. The zero-order valence-corrected chi connectivity index (χ0v) is 11.0. The van der Waals surface area contributed by atoms with E-state index < -0.39 is 0 Å². The molecule has 1 amide bonds. The molecule has 0 saturated carbocycles. The molecule has 0 aromatic heterocycles. The van der Waals surface area contributed by atoms with Gasteiger partial charge in [-0.05, 0) is 43.4 Å². The molecule has 4 nitrogen and oxygen atoms in total. The number of nitrogens with zero attached hydrogens (tertiary/aromatic N) is 1. The van der Waals surface area contributed by atoms with Crippen LogP contribution in [0.2, 0.25) is 0 Å². The molecule has 2 unspecified atom stereocenters. The number of likely N-dealkylation sites (tertiary alicyclic amines) is 1. The van der Waals surface area contributed by atoms with Gasteiger partial charge in [-0.3, -0.25) is 9.69 Å². The Morgan fingerprint density at radius 2 is 2.16 bits per heavy atom. The third-order valence-corrected chi connectivity index (χ3v) is 4.28. The van der Waals surface area contributed by atoms with Crippen molar-refractivity contribution < 1.29 is 9.90 Å². The fourth-order valence-corrected chi connectivity index (χ4v) is 3.14. The Balaban J connectivity index is 1.74. The molecular formula is C15H20N2O2. The van der Waals surface area contributed by atoms with E-state index in [0.29, 0.717) is 5.92 Å². The average molecular weight is 260 g/mol. The van der Waals surface area contributed by atoms with Crippen LogP contribution in [-0.2, 0) is 11.2 Å². The summed E-state index contributed by atoms with van der Waals surface area (Å²) in [7, 11) is 0. The lowest BCUT2D eigenvalue weighted by Gasteiger charge is -2.25. The summed E-state index contributed by atoms with van der Waals surface area (Å²) in [5, 5.41) is 12.3. The van der Waals surface area contributed by atoms with Gasteiger partial charge in [0.25, 0.3) is 0 Å². The number of anilines is 1. The molecule has 1 aromatic rings. The normalized spacial score (nSPS) is 27.7. The molecule has 4 heteroatoms. The molecule has 0 spiro atoms. The number of hydrogen-bond donors (Lipinski definition) is 2. The fraction of sp³-hybridized carbons (Fsp3) is 0.533. The number of benzene rings is 1. The second-order valence-electron chi connectivity index (χ2n) is 5.53. The Kier molecular flexibility index (Phi) is 3.53. The molecule has 102 valence electrons. The van der Waals surface area contributed by atoms with Crippen molar-refractivity contribution in [3.8, 4) is 0 Å². The number of carbonyl (C=O) groups excluding carboxylic acids is 1. The number of nitrogens with one attached hydrogen (secondary N) is 1. The molecule has 3 rings (SSSR count). The first-order valence-electron chi connectivity index (χ1n) is 7.01. The van der Waals surface area contributed by atoms with Crippen LogP contribution in [0.1, 0.15) is 18.4 Å². The predicted molar refractivity (Wildman–Crippen MR) is 73.9 cm³/mol. The summed E-state index contributed by atoms with van der Waals surface area (Å²) < 4.78 is 0. The Morgan fingerprint density at radius 1 is 1.32 bits per heavy atom. The van der Waals surface area contributed by atoms with Gasteiger partial charge in [0.05, 0.1) is 6.04 Å². The Hall–Kier alpha value is -1.39. The van der Waals surface area contributed by atoms with Gasteiger partial charge in [0.15, 0.2) is 0 Å². The third kappa shape index (κ3) is 2.51. The number of amides is 1. The first-order valence-corrected chi connectivity index (χ1v) is 7.01. The van der Waals surface area contributed by atoms with Crippen molar-refractivity contribution in [2.45, 2.75) is 25.3 Å². The molecule has 0 aliphatic carbocycles. The highest BCUT2D eigenvalue weighted by molar-refractivity contribution is 5.96. The molecule has 0 bridgehead atoms. The third-order valence-electron chi connectivity index (χ3n) is 4.28. The van der Waals surface area contributed by atoms with Gasteiger partial charge in [0.1, 0.15) is 0 Å². The van der Waals surface area contributed by atoms with E-state index in [0.717, 1.165) is 38.0 Å². The minimum atomic E-state index is -0.0519. The fourth-order valence-electron chi connectivity index (χ4n) is 3.14. The van der Waals surface area contributed by atoms with Crippen LogP contribution in [-0.4, -0.2) is 41.7 Å². The molecule has 2 N–H and O–H groups in total. The van der Waals surface area contributed by atoms with Gasteiger partial charge in [0, 0.05) is 18.8 Å². The number of aliphatic hydroxyl groups is 1. The van der Waals surface area contributed by atoms with E-state index in [1.165, 1.54) is 5.56 Å². The van der Waals surface area contributed by atoms with Gasteiger partial charge in [-0.2, -0.15) is 0 Å². The second kappa shape index (κ2) is 5.31. The summed E-state index contributed by atoms with van der Waals surface area (Å²) in [6.07, 6.45) is 2.79. The average Bonchev–Trinajstić information content (AvgIpc) is 2.83. The zero-order chi connectivity index (χ0) is 13.2. The van der Waals surface area contributed by atoms with Crippen molar-refractivity contribution in [1.82, 2.24) is 4.90 Å². The maximum Gasteiger partial charge on any atom is 0.241 e. The minimum absolute atomic E-state index is 0.0519. The monoisotopic (exact) mass is 260 g/mol. The number of hydrogen-bond acceptors (Lipinski definition) is 3. The van der Waals surface area contributed by atoms with Crippen LogP contribution in [0, 0.1) is 5.92 Å². The van der Waals surface area contributed by atoms with Crippen LogP contribution in [0.3, 0.4) is 0 Å². The van der Waals surface area contributed by atoms with Gasteiger partial charge in [-0.1, -0.05) is 18.2 Å². The maximum atomic E-state index is 12.3. The van der Waals surface area contributed by atoms with Gasteiger partial charge in [0.2, 0.25) is 5.91 Å². The van der Waals surface area contributed by atoms with Crippen LogP contribution in [0.4, 0.5) is 5.69 Å². The second-order valence-corrected chi connectivity index (χ2v) is 5.53. The number of aryl methyl sites for hydroxylation is 1. The molecule has 2 aliphatic heterocycles. The lowest BCUT2D eigenvalue weighted by atomic mass is 10.1. The van der Waals surface area contributed by atoms with Crippen molar-refractivity contribution >= 4 is 11.6 Å². The van der Waals surface area contributed by atoms with Crippen molar-refractivity contribution in [3.05, 3.63) is 29.8 Å². The largest absolute Gasteiger partial charge is 0.396 e. The van der Waals surface area contributed by atoms with Gasteiger partial charge >= 0.3 is 0 Å². The Bertz CT molecular complexity index is 475. The molecule has 1 aromatic carbocycles. The molecule has 1 fully saturated rings. The Labute approximate surface area is 113 Å². The molecule has 19 heavy (non-hydrogen) atoms. The van der Waals surface area contributed by atoms with Crippen molar-refractivity contribution in [3.63, 3.8) is 0 Å². The topological polar surface area (TPSA) is 52.6 Å². The summed E-state index contributed by atoms with van der Waals surface area (Å²) in [4.78, 5) is 14.6. The van der Waals surface area contributed by atoms with E-state index in [2.05, 4.69) is 16.3 Å². The molecule has 2 atom stereocenters. The molecule has 2 heterocycles. The van der Waals surface area contributed by atoms with Crippen LogP contribution < -0.4 is 5.32 Å². The number of fused-ring (bicyclic) bond motifs is 1. The highest BCUT2D eigenvalue weighted by Gasteiger charge is 2.33. The van der Waals surface area contributed by atoms with Crippen LogP contribution in [0.15, 0.2) is 24.3 Å². The van der Waals surface area contributed by atoms with E-state index in [9.17, 15) is 9.90 Å². The molecule has 2 aliphatic rings. The highest BCUT2D eigenvalue weighted by Crippen LogP contribution is 2.26. The van der Waals surface area contributed by atoms with Gasteiger partial charge in [-0.25, -0.2) is 0 Å². The van der Waals surface area contributed by atoms with E-state index in [4.69, 9.17) is 0 Å². The maximum absolute atomic E-state index is 12.3. The van der Waals surface area contributed by atoms with E-state index in [1.807, 2.05) is 18.2 Å². The summed E-state index contributed by atoms with van der Waals surface area (Å²) in [5.41, 5.74) is 2.17. The first-order chi connectivity index (χ1) is 9.28. The number of aliphatic hydroxyl groups excluding tert-OH is 1. The number of carbonyl (C=O) groups is 1. The van der Waals surface area contributed by atoms with Gasteiger partial charge in [-0.15, -0.1) is 0 Å².